The second kappa shape index (κ2) is 7.97. The summed E-state index contributed by atoms with van der Waals surface area (Å²) in [6, 6.07) is -0.903. The molecule has 0 unspecified atom stereocenters. The standard InChI is InChI=1S/C3H8N2O2.2ClH/c4-1-2(5)3(6)7;;/h2H,1,4-5H2,(H,6,7);2*1H/t2-;;/m1../s1. The lowest BCUT2D eigenvalue weighted by Gasteiger charge is -1.97. The summed E-state index contributed by atoms with van der Waals surface area (Å²) in [4.78, 5) is 9.73. The van der Waals surface area contributed by atoms with E-state index in [1.165, 1.54) is 0 Å². The zero-order chi connectivity index (χ0) is 5.86. The fourth-order valence-corrected chi connectivity index (χ4v) is 0.101. The lowest BCUT2D eigenvalue weighted by Crippen LogP contribution is -2.37. The van der Waals surface area contributed by atoms with Crippen LogP contribution in [0.4, 0.5) is 0 Å². The normalized spacial score (nSPS) is 10.4. The van der Waals surface area contributed by atoms with E-state index in [-0.39, 0.29) is 31.4 Å². The Morgan fingerprint density at radius 2 is 1.89 bits per heavy atom. The Morgan fingerprint density at radius 1 is 1.56 bits per heavy atom. The highest BCUT2D eigenvalue weighted by atomic mass is 35.5. The molecule has 0 spiro atoms. The number of carbonyl (C=O) groups is 1. The number of carboxylic acid groups (broad SMARTS) is 1. The van der Waals surface area contributed by atoms with Crippen molar-refractivity contribution < 1.29 is 9.90 Å². The van der Waals surface area contributed by atoms with Crippen molar-refractivity contribution in [2.45, 2.75) is 6.04 Å². The second-order valence-electron chi connectivity index (χ2n) is 1.18. The number of nitrogens with two attached hydrogens (primary N) is 2. The Bertz CT molecular complexity index is 80.2. The first-order valence-corrected chi connectivity index (χ1v) is 1.87. The van der Waals surface area contributed by atoms with E-state index in [4.69, 9.17) is 16.6 Å². The second-order valence-corrected chi connectivity index (χ2v) is 1.18. The fraction of sp³-hybridized carbons (Fsp3) is 0.667. The largest absolute Gasteiger partial charge is 0.480 e. The lowest BCUT2D eigenvalue weighted by atomic mass is 10.3. The predicted molar refractivity (Wildman–Crippen MR) is 39.2 cm³/mol. The summed E-state index contributed by atoms with van der Waals surface area (Å²) in [5.41, 5.74) is 9.76. The summed E-state index contributed by atoms with van der Waals surface area (Å²) in [6.07, 6.45) is 0. The smallest absolute Gasteiger partial charge is 0.321 e. The minimum atomic E-state index is -1.05. The number of hydrogen-bond acceptors (Lipinski definition) is 3. The molecule has 5 N–H and O–H groups in total. The highest BCUT2D eigenvalue weighted by Gasteiger charge is 2.05. The van der Waals surface area contributed by atoms with Gasteiger partial charge in [-0.25, -0.2) is 0 Å². The number of aliphatic carboxylic acids is 1. The molecule has 1 atom stereocenters. The van der Waals surface area contributed by atoms with Gasteiger partial charge in [-0.3, -0.25) is 4.79 Å². The molecule has 0 rings (SSSR count). The van der Waals surface area contributed by atoms with Crippen LogP contribution in [-0.4, -0.2) is 23.7 Å². The maximum absolute atomic E-state index is 9.73. The van der Waals surface area contributed by atoms with Gasteiger partial charge in [0, 0.05) is 6.54 Å². The monoisotopic (exact) mass is 176 g/mol. The van der Waals surface area contributed by atoms with Crippen LogP contribution in [0.15, 0.2) is 0 Å². The van der Waals surface area contributed by atoms with Crippen molar-refractivity contribution in [3.05, 3.63) is 0 Å². The summed E-state index contributed by atoms with van der Waals surface area (Å²) < 4.78 is 0. The maximum Gasteiger partial charge on any atom is 0.321 e. The van der Waals surface area contributed by atoms with Crippen LogP contribution in [0.3, 0.4) is 0 Å². The van der Waals surface area contributed by atoms with Crippen molar-refractivity contribution in [3.63, 3.8) is 0 Å². The molecule has 6 heteroatoms. The third kappa shape index (κ3) is 7.97. The Balaban J connectivity index is -0.000000180. The van der Waals surface area contributed by atoms with E-state index in [0.29, 0.717) is 0 Å². The van der Waals surface area contributed by atoms with Crippen molar-refractivity contribution >= 4 is 30.8 Å². The van der Waals surface area contributed by atoms with E-state index < -0.39 is 12.0 Å². The van der Waals surface area contributed by atoms with Crippen molar-refractivity contribution in [1.29, 1.82) is 0 Å². The van der Waals surface area contributed by atoms with Gasteiger partial charge in [-0.15, -0.1) is 24.8 Å². The van der Waals surface area contributed by atoms with Crippen LogP contribution < -0.4 is 11.5 Å². The summed E-state index contributed by atoms with van der Waals surface area (Å²) in [5, 5.41) is 7.98. The zero-order valence-electron chi connectivity index (χ0n) is 4.61. The molecule has 0 heterocycles. The summed E-state index contributed by atoms with van der Waals surface area (Å²) in [7, 11) is 0. The van der Waals surface area contributed by atoms with E-state index in [9.17, 15) is 4.79 Å². The molecule has 0 aliphatic rings. The molecular formula is C3H10Cl2N2O2. The van der Waals surface area contributed by atoms with Gasteiger partial charge < -0.3 is 16.6 Å². The molecule has 58 valence electrons. The van der Waals surface area contributed by atoms with Crippen LogP contribution >= 0.6 is 24.8 Å². The van der Waals surface area contributed by atoms with Gasteiger partial charge in [-0.05, 0) is 0 Å². The van der Waals surface area contributed by atoms with Gasteiger partial charge in [0.25, 0.3) is 0 Å². The van der Waals surface area contributed by atoms with Crippen LogP contribution in [0.25, 0.3) is 0 Å². The van der Waals surface area contributed by atoms with Gasteiger partial charge in [-0.1, -0.05) is 0 Å². The van der Waals surface area contributed by atoms with Crippen LogP contribution in [0, 0.1) is 0 Å². The van der Waals surface area contributed by atoms with Gasteiger partial charge in [0.1, 0.15) is 6.04 Å². The molecule has 4 nitrogen and oxygen atoms in total. The lowest BCUT2D eigenvalue weighted by molar-refractivity contribution is -0.138. The molecule has 0 aliphatic heterocycles. The van der Waals surface area contributed by atoms with Crippen LogP contribution in [0.2, 0.25) is 0 Å². The van der Waals surface area contributed by atoms with E-state index >= 15 is 0 Å². The first-order chi connectivity index (χ1) is 3.18. The Morgan fingerprint density at radius 3 is 1.89 bits per heavy atom. The Hall–Kier alpha value is -0.0300. The molecule has 0 radical (unpaired) electrons. The number of hydrogen-bond donors (Lipinski definition) is 3. The van der Waals surface area contributed by atoms with Crippen LogP contribution in [0.1, 0.15) is 0 Å². The third-order valence-corrected chi connectivity index (χ3v) is 0.571. The topological polar surface area (TPSA) is 89.3 Å². The number of carboxylic acids is 1. The van der Waals surface area contributed by atoms with Gasteiger partial charge in [-0.2, -0.15) is 0 Å². The molecule has 0 aromatic carbocycles. The molecule has 9 heavy (non-hydrogen) atoms. The van der Waals surface area contributed by atoms with E-state index in [2.05, 4.69) is 0 Å². The van der Waals surface area contributed by atoms with Crippen LogP contribution in [-0.2, 0) is 4.79 Å². The van der Waals surface area contributed by atoms with E-state index in [0.717, 1.165) is 0 Å². The number of halogens is 2. The van der Waals surface area contributed by atoms with Crippen molar-refractivity contribution in [3.8, 4) is 0 Å². The summed E-state index contributed by atoms with van der Waals surface area (Å²) >= 11 is 0. The van der Waals surface area contributed by atoms with Crippen molar-refractivity contribution in [2.75, 3.05) is 6.54 Å². The van der Waals surface area contributed by atoms with Gasteiger partial charge >= 0.3 is 5.97 Å². The first-order valence-electron chi connectivity index (χ1n) is 1.87. The molecule has 0 fully saturated rings. The molecule has 0 bridgehead atoms. The summed E-state index contributed by atoms with van der Waals surface area (Å²) in [5.74, 6) is -1.05. The summed E-state index contributed by atoms with van der Waals surface area (Å²) in [6.45, 7) is -0.00463. The Labute approximate surface area is 65.4 Å². The highest BCUT2D eigenvalue weighted by Crippen LogP contribution is 1.68. The highest BCUT2D eigenvalue weighted by molar-refractivity contribution is 5.85. The molecule has 0 saturated carbocycles. The fourth-order valence-electron chi connectivity index (χ4n) is 0.101. The SMILES string of the molecule is Cl.Cl.NC[C@@H](N)C(=O)O. The van der Waals surface area contributed by atoms with Gasteiger partial charge in [0.05, 0.1) is 0 Å². The minimum absolute atomic E-state index is 0. The van der Waals surface area contributed by atoms with E-state index in [1.807, 2.05) is 0 Å². The van der Waals surface area contributed by atoms with Gasteiger partial charge in [0.2, 0.25) is 0 Å². The molecule has 0 aromatic heterocycles. The molecule has 0 amide bonds. The molecule has 0 saturated heterocycles. The zero-order valence-corrected chi connectivity index (χ0v) is 6.24. The van der Waals surface area contributed by atoms with E-state index in [1.54, 1.807) is 0 Å². The first kappa shape index (κ1) is 16.0. The van der Waals surface area contributed by atoms with Crippen LogP contribution in [0.5, 0.6) is 0 Å². The van der Waals surface area contributed by atoms with Crippen molar-refractivity contribution in [1.82, 2.24) is 0 Å². The maximum atomic E-state index is 9.73. The minimum Gasteiger partial charge on any atom is -0.480 e. The third-order valence-electron chi connectivity index (χ3n) is 0.571. The average Bonchev–Trinajstić information content (AvgIpc) is 1.65. The van der Waals surface area contributed by atoms with Crippen molar-refractivity contribution in [2.24, 2.45) is 11.5 Å². The molecule has 0 aliphatic carbocycles. The Kier molecular flexibility index (Phi) is 14.2. The predicted octanol–water partition coefficient (Wildman–Crippen LogP) is -0.799. The molecule has 0 aromatic rings. The average molecular weight is 177 g/mol. The van der Waals surface area contributed by atoms with Gasteiger partial charge in [0.15, 0.2) is 0 Å². The quantitative estimate of drug-likeness (QED) is 0.515. The molecular weight excluding hydrogens is 167 g/mol. The number of rotatable bonds is 2.